The Morgan fingerprint density at radius 1 is 1.60 bits per heavy atom. The van der Waals surface area contributed by atoms with Gasteiger partial charge in [0.25, 0.3) is 0 Å². The standard InChI is InChI=1S/C6H13N.C2H6O/c1-6-3-2-4-7-5-6;1-2-3/h6-7H,2-5H2,1H3;3H,2H2,1H3. The first-order valence-corrected chi connectivity index (χ1v) is 4.12. The fourth-order valence-electron chi connectivity index (χ4n) is 1.03. The second-order valence-corrected chi connectivity index (χ2v) is 2.77. The predicted octanol–water partition coefficient (Wildman–Crippen LogP) is 1.00. The van der Waals surface area contributed by atoms with E-state index in [1.165, 1.54) is 25.9 Å². The van der Waals surface area contributed by atoms with Gasteiger partial charge in [-0.2, -0.15) is 0 Å². The second-order valence-electron chi connectivity index (χ2n) is 2.77. The molecule has 62 valence electrons. The molecule has 1 saturated heterocycles. The first kappa shape index (κ1) is 9.92. The van der Waals surface area contributed by atoms with Crippen LogP contribution >= 0.6 is 0 Å². The van der Waals surface area contributed by atoms with Gasteiger partial charge in [-0.15, -0.1) is 0 Å². The molecule has 2 N–H and O–H groups in total. The molecule has 1 aliphatic heterocycles. The predicted molar refractivity (Wildman–Crippen MR) is 44.0 cm³/mol. The van der Waals surface area contributed by atoms with Crippen LogP contribution in [0.1, 0.15) is 26.7 Å². The van der Waals surface area contributed by atoms with Crippen molar-refractivity contribution in [3.8, 4) is 0 Å². The van der Waals surface area contributed by atoms with Crippen molar-refractivity contribution in [1.29, 1.82) is 0 Å². The summed E-state index contributed by atoms with van der Waals surface area (Å²) in [5, 5.41) is 10.9. The van der Waals surface area contributed by atoms with Gasteiger partial charge in [0.1, 0.15) is 0 Å². The summed E-state index contributed by atoms with van der Waals surface area (Å²) in [4.78, 5) is 0. The van der Waals surface area contributed by atoms with Crippen molar-refractivity contribution in [3.05, 3.63) is 0 Å². The van der Waals surface area contributed by atoms with E-state index in [0.29, 0.717) is 0 Å². The van der Waals surface area contributed by atoms with E-state index in [0.717, 1.165) is 5.92 Å². The molecule has 0 radical (unpaired) electrons. The van der Waals surface area contributed by atoms with E-state index in [1.807, 2.05) is 0 Å². The molecular weight excluding hydrogens is 126 g/mol. The van der Waals surface area contributed by atoms with Crippen LogP contribution in [0.5, 0.6) is 0 Å². The Labute approximate surface area is 63.6 Å². The van der Waals surface area contributed by atoms with E-state index in [1.54, 1.807) is 6.92 Å². The van der Waals surface area contributed by atoms with Crippen molar-refractivity contribution in [3.63, 3.8) is 0 Å². The van der Waals surface area contributed by atoms with Crippen LogP contribution in [-0.2, 0) is 0 Å². The minimum Gasteiger partial charge on any atom is -0.397 e. The molecule has 1 aliphatic rings. The molecule has 0 aromatic carbocycles. The smallest absolute Gasteiger partial charge is 0.0402 e. The zero-order valence-corrected chi connectivity index (χ0v) is 7.06. The summed E-state index contributed by atoms with van der Waals surface area (Å²) in [5.41, 5.74) is 0. The highest BCUT2D eigenvalue weighted by molar-refractivity contribution is 4.63. The van der Waals surface area contributed by atoms with Gasteiger partial charge in [-0.05, 0) is 38.8 Å². The Kier molecular flexibility index (Phi) is 6.98. The normalized spacial score (nSPS) is 24.9. The summed E-state index contributed by atoms with van der Waals surface area (Å²) in [6.45, 7) is 6.70. The summed E-state index contributed by atoms with van der Waals surface area (Å²) in [6.07, 6.45) is 2.80. The van der Waals surface area contributed by atoms with E-state index in [9.17, 15) is 0 Å². The third-order valence-electron chi connectivity index (χ3n) is 1.54. The van der Waals surface area contributed by atoms with Gasteiger partial charge in [0.2, 0.25) is 0 Å². The Bertz CT molecular complexity index is 60.3. The van der Waals surface area contributed by atoms with E-state index in [4.69, 9.17) is 5.11 Å². The van der Waals surface area contributed by atoms with E-state index in [-0.39, 0.29) is 6.61 Å². The number of hydrogen-bond donors (Lipinski definition) is 2. The van der Waals surface area contributed by atoms with Crippen LogP contribution in [-0.4, -0.2) is 24.8 Å². The minimum absolute atomic E-state index is 0.250. The molecule has 0 aromatic heterocycles. The Hall–Kier alpha value is -0.0800. The number of rotatable bonds is 0. The maximum Gasteiger partial charge on any atom is 0.0402 e. The molecule has 1 rings (SSSR count). The largest absolute Gasteiger partial charge is 0.397 e. The van der Waals surface area contributed by atoms with Crippen molar-refractivity contribution in [2.75, 3.05) is 19.7 Å². The highest BCUT2D eigenvalue weighted by atomic mass is 16.2. The van der Waals surface area contributed by atoms with Gasteiger partial charge in [0.05, 0.1) is 0 Å². The molecule has 1 unspecified atom stereocenters. The zero-order chi connectivity index (χ0) is 7.82. The third kappa shape index (κ3) is 6.05. The van der Waals surface area contributed by atoms with Crippen molar-refractivity contribution in [2.24, 2.45) is 5.92 Å². The van der Waals surface area contributed by atoms with Crippen LogP contribution in [0.3, 0.4) is 0 Å². The fraction of sp³-hybridized carbons (Fsp3) is 1.00. The molecule has 2 nitrogen and oxygen atoms in total. The van der Waals surface area contributed by atoms with Crippen molar-refractivity contribution >= 4 is 0 Å². The van der Waals surface area contributed by atoms with E-state index >= 15 is 0 Å². The fourth-order valence-corrected chi connectivity index (χ4v) is 1.03. The molecule has 2 heteroatoms. The van der Waals surface area contributed by atoms with Gasteiger partial charge in [0, 0.05) is 6.61 Å². The zero-order valence-electron chi connectivity index (χ0n) is 7.06. The maximum absolute atomic E-state index is 7.57. The van der Waals surface area contributed by atoms with Crippen molar-refractivity contribution < 1.29 is 5.11 Å². The molecule has 1 heterocycles. The van der Waals surface area contributed by atoms with Gasteiger partial charge in [-0.25, -0.2) is 0 Å². The monoisotopic (exact) mass is 145 g/mol. The van der Waals surface area contributed by atoms with Crippen molar-refractivity contribution in [2.45, 2.75) is 26.7 Å². The summed E-state index contributed by atoms with van der Waals surface area (Å²) in [5.74, 6) is 0.925. The summed E-state index contributed by atoms with van der Waals surface area (Å²) < 4.78 is 0. The van der Waals surface area contributed by atoms with Crippen LogP contribution in [0.15, 0.2) is 0 Å². The lowest BCUT2D eigenvalue weighted by Gasteiger charge is -2.17. The topological polar surface area (TPSA) is 32.3 Å². The Morgan fingerprint density at radius 2 is 2.20 bits per heavy atom. The molecule has 1 atom stereocenters. The number of nitrogens with one attached hydrogen (secondary N) is 1. The third-order valence-corrected chi connectivity index (χ3v) is 1.54. The number of aliphatic hydroxyl groups is 1. The highest BCUT2D eigenvalue weighted by Gasteiger charge is 2.04. The van der Waals surface area contributed by atoms with Gasteiger partial charge in [-0.3, -0.25) is 0 Å². The molecular formula is C8H19NO. The molecule has 1 fully saturated rings. The number of aliphatic hydroxyl groups excluding tert-OH is 1. The van der Waals surface area contributed by atoms with Crippen LogP contribution < -0.4 is 5.32 Å². The Morgan fingerprint density at radius 3 is 2.40 bits per heavy atom. The summed E-state index contributed by atoms with van der Waals surface area (Å²) in [7, 11) is 0. The lowest BCUT2D eigenvalue weighted by molar-refractivity contribution is 0.318. The molecule has 10 heavy (non-hydrogen) atoms. The average molecular weight is 145 g/mol. The van der Waals surface area contributed by atoms with E-state index in [2.05, 4.69) is 12.2 Å². The van der Waals surface area contributed by atoms with Crippen LogP contribution in [0.4, 0.5) is 0 Å². The molecule has 0 spiro atoms. The molecule has 0 bridgehead atoms. The molecule has 0 aliphatic carbocycles. The van der Waals surface area contributed by atoms with Gasteiger partial charge in [-0.1, -0.05) is 6.92 Å². The van der Waals surface area contributed by atoms with Crippen LogP contribution in [0, 0.1) is 5.92 Å². The first-order chi connectivity index (χ1) is 4.81. The number of hydrogen-bond acceptors (Lipinski definition) is 2. The highest BCUT2D eigenvalue weighted by Crippen LogP contribution is 2.06. The number of piperidine rings is 1. The van der Waals surface area contributed by atoms with E-state index < -0.39 is 0 Å². The van der Waals surface area contributed by atoms with Crippen LogP contribution in [0.25, 0.3) is 0 Å². The van der Waals surface area contributed by atoms with Crippen molar-refractivity contribution in [1.82, 2.24) is 5.32 Å². The van der Waals surface area contributed by atoms with Gasteiger partial charge in [0.15, 0.2) is 0 Å². The minimum atomic E-state index is 0.250. The second kappa shape index (κ2) is 7.03. The van der Waals surface area contributed by atoms with Gasteiger partial charge < -0.3 is 10.4 Å². The first-order valence-electron chi connectivity index (χ1n) is 4.12. The summed E-state index contributed by atoms with van der Waals surface area (Å²) >= 11 is 0. The maximum atomic E-state index is 7.57. The lowest BCUT2D eigenvalue weighted by atomic mass is 10.0. The quantitative estimate of drug-likeness (QED) is 0.533. The molecule has 0 aromatic rings. The Balaban J connectivity index is 0.000000236. The molecule has 0 amide bonds. The van der Waals surface area contributed by atoms with Crippen LogP contribution in [0.2, 0.25) is 0 Å². The summed E-state index contributed by atoms with van der Waals surface area (Å²) in [6, 6.07) is 0. The molecule has 0 saturated carbocycles. The lowest BCUT2D eigenvalue weighted by Crippen LogP contribution is -2.27. The van der Waals surface area contributed by atoms with Gasteiger partial charge >= 0.3 is 0 Å². The SMILES string of the molecule is CC1CCCNC1.CCO. The average Bonchev–Trinajstić information content (AvgIpc) is 1.91.